The third-order valence-corrected chi connectivity index (χ3v) is 4.41. The maximum absolute atomic E-state index is 12.4. The standard InChI is InChI=1S/C16H21N3O2/c20-15(11-13-3-6-17-7-4-13)19-10-5-14(12-19)16(21)18-8-1-2-9-18/h3-4,6-7,14H,1-2,5,8-12H2. The first-order valence-corrected chi connectivity index (χ1v) is 7.69. The van der Waals surface area contributed by atoms with Crippen molar-refractivity contribution in [2.45, 2.75) is 25.7 Å². The number of nitrogens with zero attached hydrogens (tertiary/aromatic N) is 3. The van der Waals surface area contributed by atoms with Gasteiger partial charge in [-0.1, -0.05) is 0 Å². The Bertz CT molecular complexity index is 512. The number of carbonyl (C=O) groups is 2. The van der Waals surface area contributed by atoms with Gasteiger partial charge in [0.15, 0.2) is 0 Å². The molecule has 0 N–H and O–H groups in total. The minimum Gasteiger partial charge on any atom is -0.342 e. The lowest BCUT2D eigenvalue weighted by Gasteiger charge is -2.20. The topological polar surface area (TPSA) is 53.5 Å². The van der Waals surface area contributed by atoms with Gasteiger partial charge in [-0.15, -0.1) is 0 Å². The molecule has 0 spiro atoms. The zero-order valence-electron chi connectivity index (χ0n) is 12.2. The molecule has 0 aliphatic carbocycles. The highest BCUT2D eigenvalue weighted by Crippen LogP contribution is 2.22. The number of hydrogen-bond donors (Lipinski definition) is 0. The highest BCUT2D eigenvalue weighted by molar-refractivity contribution is 5.83. The molecule has 5 heteroatoms. The summed E-state index contributed by atoms with van der Waals surface area (Å²) in [6.07, 6.45) is 6.83. The third kappa shape index (κ3) is 3.23. The number of pyridine rings is 1. The molecule has 0 bridgehead atoms. The lowest BCUT2D eigenvalue weighted by Crippen LogP contribution is -2.36. The van der Waals surface area contributed by atoms with Crippen LogP contribution in [0.15, 0.2) is 24.5 Å². The van der Waals surface area contributed by atoms with Crippen LogP contribution >= 0.6 is 0 Å². The van der Waals surface area contributed by atoms with Gasteiger partial charge < -0.3 is 9.80 Å². The van der Waals surface area contributed by atoms with Crippen LogP contribution in [0.4, 0.5) is 0 Å². The summed E-state index contributed by atoms with van der Waals surface area (Å²) < 4.78 is 0. The van der Waals surface area contributed by atoms with E-state index in [1.807, 2.05) is 21.9 Å². The second-order valence-electron chi connectivity index (χ2n) is 5.89. The molecular formula is C16H21N3O2. The van der Waals surface area contributed by atoms with Gasteiger partial charge in [0.05, 0.1) is 12.3 Å². The number of carbonyl (C=O) groups excluding carboxylic acids is 2. The smallest absolute Gasteiger partial charge is 0.227 e. The molecule has 2 amide bonds. The van der Waals surface area contributed by atoms with Gasteiger partial charge >= 0.3 is 0 Å². The van der Waals surface area contributed by atoms with Crippen molar-refractivity contribution in [1.29, 1.82) is 0 Å². The van der Waals surface area contributed by atoms with Gasteiger partial charge in [0.25, 0.3) is 0 Å². The molecule has 2 saturated heterocycles. The van der Waals surface area contributed by atoms with Crippen molar-refractivity contribution in [2.24, 2.45) is 5.92 Å². The first-order chi connectivity index (χ1) is 10.2. The molecule has 0 radical (unpaired) electrons. The van der Waals surface area contributed by atoms with Crippen molar-refractivity contribution >= 4 is 11.8 Å². The van der Waals surface area contributed by atoms with E-state index in [0.717, 1.165) is 37.9 Å². The lowest BCUT2D eigenvalue weighted by atomic mass is 10.1. The molecule has 3 heterocycles. The van der Waals surface area contributed by atoms with Crippen LogP contribution in [0.2, 0.25) is 0 Å². The van der Waals surface area contributed by atoms with E-state index in [9.17, 15) is 9.59 Å². The number of rotatable bonds is 3. The van der Waals surface area contributed by atoms with E-state index in [2.05, 4.69) is 4.98 Å². The predicted molar refractivity (Wildman–Crippen MR) is 78.4 cm³/mol. The highest BCUT2D eigenvalue weighted by atomic mass is 16.2. The average molecular weight is 287 g/mol. The summed E-state index contributed by atoms with van der Waals surface area (Å²) in [7, 11) is 0. The fraction of sp³-hybridized carbons (Fsp3) is 0.562. The van der Waals surface area contributed by atoms with E-state index in [1.165, 1.54) is 0 Å². The van der Waals surface area contributed by atoms with Crippen LogP contribution in [0.1, 0.15) is 24.8 Å². The Balaban J connectivity index is 1.54. The molecule has 1 unspecified atom stereocenters. The molecular weight excluding hydrogens is 266 g/mol. The Morgan fingerprint density at radius 1 is 1.10 bits per heavy atom. The van der Waals surface area contributed by atoms with Crippen LogP contribution in [-0.4, -0.2) is 52.8 Å². The molecule has 21 heavy (non-hydrogen) atoms. The van der Waals surface area contributed by atoms with Crippen molar-refractivity contribution < 1.29 is 9.59 Å². The Hall–Kier alpha value is -1.91. The summed E-state index contributed by atoms with van der Waals surface area (Å²) in [5.74, 6) is 0.356. The van der Waals surface area contributed by atoms with Crippen molar-refractivity contribution in [1.82, 2.24) is 14.8 Å². The second-order valence-corrected chi connectivity index (χ2v) is 5.89. The average Bonchev–Trinajstić information content (AvgIpc) is 3.19. The summed E-state index contributed by atoms with van der Waals surface area (Å²) >= 11 is 0. The minimum atomic E-state index is 0.00416. The molecule has 0 aromatic carbocycles. The van der Waals surface area contributed by atoms with Crippen molar-refractivity contribution in [3.05, 3.63) is 30.1 Å². The van der Waals surface area contributed by atoms with Crippen LogP contribution in [-0.2, 0) is 16.0 Å². The third-order valence-electron chi connectivity index (χ3n) is 4.41. The Labute approximate surface area is 124 Å². The van der Waals surface area contributed by atoms with Gasteiger partial charge in [0.1, 0.15) is 0 Å². The van der Waals surface area contributed by atoms with Crippen LogP contribution in [0.3, 0.4) is 0 Å². The predicted octanol–water partition coefficient (Wildman–Crippen LogP) is 1.09. The molecule has 2 aliphatic rings. The van der Waals surface area contributed by atoms with Gasteiger partial charge in [0, 0.05) is 38.6 Å². The van der Waals surface area contributed by atoms with Gasteiger partial charge in [-0.05, 0) is 37.0 Å². The summed E-state index contributed by atoms with van der Waals surface area (Å²) in [5, 5.41) is 0. The first kappa shape index (κ1) is 14.0. The van der Waals surface area contributed by atoms with E-state index in [0.29, 0.717) is 19.5 Å². The largest absolute Gasteiger partial charge is 0.342 e. The van der Waals surface area contributed by atoms with Gasteiger partial charge in [-0.3, -0.25) is 14.6 Å². The molecule has 1 aromatic rings. The van der Waals surface area contributed by atoms with E-state index < -0.39 is 0 Å². The molecule has 1 atom stereocenters. The number of likely N-dealkylation sites (tertiary alicyclic amines) is 2. The molecule has 1 aromatic heterocycles. The van der Waals surface area contributed by atoms with E-state index in [4.69, 9.17) is 0 Å². The summed E-state index contributed by atoms with van der Waals surface area (Å²) in [5.41, 5.74) is 0.976. The van der Waals surface area contributed by atoms with Crippen LogP contribution in [0.5, 0.6) is 0 Å². The molecule has 0 saturated carbocycles. The zero-order valence-corrected chi connectivity index (χ0v) is 12.2. The maximum Gasteiger partial charge on any atom is 0.227 e. The van der Waals surface area contributed by atoms with Crippen LogP contribution in [0.25, 0.3) is 0 Å². The van der Waals surface area contributed by atoms with Crippen LogP contribution in [0, 0.1) is 5.92 Å². The van der Waals surface area contributed by atoms with Crippen molar-refractivity contribution in [2.75, 3.05) is 26.2 Å². The Morgan fingerprint density at radius 3 is 2.52 bits per heavy atom. The number of amides is 2. The number of hydrogen-bond acceptors (Lipinski definition) is 3. The fourth-order valence-corrected chi connectivity index (χ4v) is 3.17. The SMILES string of the molecule is O=C(Cc1ccncc1)N1CCC(C(=O)N2CCCC2)C1. The maximum atomic E-state index is 12.4. The quantitative estimate of drug-likeness (QED) is 0.836. The van der Waals surface area contributed by atoms with Gasteiger partial charge in [-0.2, -0.15) is 0 Å². The highest BCUT2D eigenvalue weighted by Gasteiger charge is 2.34. The summed E-state index contributed by atoms with van der Waals surface area (Å²) in [6.45, 7) is 3.06. The molecule has 2 aliphatic heterocycles. The van der Waals surface area contributed by atoms with Crippen LogP contribution < -0.4 is 0 Å². The van der Waals surface area contributed by atoms with E-state index in [-0.39, 0.29) is 17.7 Å². The van der Waals surface area contributed by atoms with E-state index >= 15 is 0 Å². The number of aromatic nitrogens is 1. The van der Waals surface area contributed by atoms with Gasteiger partial charge in [0.2, 0.25) is 11.8 Å². The zero-order chi connectivity index (χ0) is 14.7. The summed E-state index contributed by atoms with van der Waals surface area (Å²) in [4.78, 5) is 32.4. The normalized spacial score (nSPS) is 21.8. The second kappa shape index (κ2) is 6.24. The van der Waals surface area contributed by atoms with E-state index in [1.54, 1.807) is 12.4 Å². The summed E-state index contributed by atoms with van der Waals surface area (Å²) in [6, 6.07) is 3.72. The Kier molecular flexibility index (Phi) is 4.18. The first-order valence-electron chi connectivity index (χ1n) is 7.69. The lowest BCUT2D eigenvalue weighted by molar-refractivity contribution is -0.134. The minimum absolute atomic E-state index is 0.00416. The monoisotopic (exact) mass is 287 g/mol. The Morgan fingerprint density at radius 2 is 1.81 bits per heavy atom. The molecule has 2 fully saturated rings. The van der Waals surface area contributed by atoms with Gasteiger partial charge in [-0.25, -0.2) is 0 Å². The van der Waals surface area contributed by atoms with Crippen molar-refractivity contribution in [3.8, 4) is 0 Å². The van der Waals surface area contributed by atoms with Crippen molar-refractivity contribution in [3.63, 3.8) is 0 Å². The molecule has 112 valence electrons. The molecule has 3 rings (SSSR count). The molecule has 5 nitrogen and oxygen atoms in total. The fourth-order valence-electron chi connectivity index (χ4n) is 3.17.